The zero-order valence-electron chi connectivity index (χ0n) is 14.4. The average Bonchev–Trinajstić information content (AvgIpc) is 2.53. The first-order valence-electron chi connectivity index (χ1n) is 8.13. The molecule has 0 unspecified atom stereocenters. The molecule has 1 rings (SSSR count). The summed E-state index contributed by atoms with van der Waals surface area (Å²) in [5.41, 5.74) is -1.42. The largest absolute Gasteiger partial charge is 0.465 e. The summed E-state index contributed by atoms with van der Waals surface area (Å²) in [4.78, 5) is 24.4. The number of carbonyl (C=O) groups is 2. The number of halogens is 2. The Balaban J connectivity index is 2.54. The van der Waals surface area contributed by atoms with Crippen LogP contribution in [0.2, 0.25) is 10.0 Å². The second kappa shape index (κ2) is 9.90. The van der Waals surface area contributed by atoms with Crippen LogP contribution in [-0.4, -0.2) is 18.5 Å². The van der Waals surface area contributed by atoms with Crippen LogP contribution in [0.1, 0.15) is 52.9 Å². The average molecular weight is 375 g/mol. The maximum absolute atomic E-state index is 12.3. The van der Waals surface area contributed by atoms with E-state index in [9.17, 15) is 9.59 Å². The SMILES string of the molecule is CCCCCCCOC(=O)C(C)(C)C(=O)Oc1cc(Cl)ccc1Cl. The monoisotopic (exact) mass is 374 g/mol. The van der Waals surface area contributed by atoms with Crippen molar-refractivity contribution < 1.29 is 19.1 Å². The summed E-state index contributed by atoms with van der Waals surface area (Å²) < 4.78 is 10.4. The summed E-state index contributed by atoms with van der Waals surface area (Å²) in [5, 5.41) is 0.627. The Morgan fingerprint density at radius 2 is 1.71 bits per heavy atom. The Labute approximate surface area is 153 Å². The van der Waals surface area contributed by atoms with Gasteiger partial charge in [0.1, 0.15) is 0 Å². The van der Waals surface area contributed by atoms with Gasteiger partial charge in [-0.25, -0.2) is 0 Å². The van der Waals surface area contributed by atoms with E-state index in [1.165, 1.54) is 32.4 Å². The fraction of sp³-hybridized carbons (Fsp3) is 0.556. The van der Waals surface area contributed by atoms with Crippen LogP contribution < -0.4 is 4.74 Å². The zero-order chi connectivity index (χ0) is 18.2. The van der Waals surface area contributed by atoms with E-state index in [2.05, 4.69) is 6.92 Å². The molecule has 0 aromatic heterocycles. The topological polar surface area (TPSA) is 52.6 Å². The second-order valence-electron chi connectivity index (χ2n) is 6.14. The molecule has 0 N–H and O–H groups in total. The molecular formula is C18H24Cl2O4. The van der Waals surface area contributed by atoms with Crippen LogP contribution in [-0.2, 0) is 14.3 Å². The molecule has 1 aromatic carbocycles. The van der Waals surface area contributed by atoms with Gasteiger partial charge in [0.15, 0.2) is 11.2 Å². The lowest BCUT2D eigenvalue weighted by molar-refractivity contribution is -0.164. The highest BCUT2D eigenvalue weighted by Crippen LogP contribution is 2.30. The number of unbranched alkanes of at least 4 members (excludes halogenated alkanes) is 4. The molecule has 0 heterocycles. The summed E-state index contributed by atoms with van der Waals surface area (Å²) in [7, 11) is 0. The van der Waals surface area contributed by atoms with Crippen LogP contribution >= 0.6 is 23.2 Å². The first kappa shape index (κ1) is 20.8. The number of hydrogen-bond acceptors (Lipinski definition) is 4. The molecule has 4 nitrogen and oxygen atoms in total. The first-order chi connectivity index (χ1) is 11.3. The third-order valence-corrected chi connectivity index (χ3v) is 4.14. The molecule has 0 aliphatic carbocycles. The molecule has 0 atom stereocenters. The van der Waals surface area contributed by atoms with Gasteiger partial charge in [-0.2, -0.15) is 0 Å². The van der Waals surface area contributed by atoms with Gasteiger partial charge in [0.25, 0.3) is 0 Å². The molecular weight excluding hydrogens is 351 g/mol. The van der Waals surface area contributed by atoms with Gasteiger partial charge in [0.2, 0.25) is 0 Å². The van der Waals surface area contributed by atoms with E-state index < -0.39 is 17.4 Å². The van der Waals surface area contributed by atoms with Crippen molar-refractivity contribution >= 4 is 35.1 Å². The third kappa shape index (κ3) is 6.33. The standard InChI is InChI=1S/C18H24Cl2O4/c1-4-5-6-7-8-11-23-16(21)18(2,3)17(22)24-15-12-13(19)9-10-14(15)20/h9-10,12H,4-8,11H2,1-3H3. The molecule has 0 aliphatic rings. The zero-order valence-corrected chi connectivity index (χ0v) is 15.9. The van der Waals surface area contributed by atoms with Crippen molar-refractivity contribution in [2.24, 2.45) is 5.41 Å². The molecule has 6 heteroatoms. The van der Waals surface area contributed by atoms with Gasteiger partial charge in [-0.15, -0.1) is 0 Å². The number of benzene rings is 1. The van der Waals surface area contributed by atoms with Gasteiger partial charge in [-0.3, -0.25) is 9.59 Å². The van der Waals surface area contributed by atoms with Crippen LogP contribution in [0.4, 0.5) is 0 Å². The predicted molar refractivity (Wildman–Crippen MR) is 95.6 cm³/mol. The van der Waals surface area contributed by atoms with Crippen molar-refractivity contribution in [1.29, 1.82) is 0 Å². The molecule has 0 spiro atoms. The van der Waals surface area contributed by atoms with E-state index >= 15 is 0 Å². The molecule has 0 bridgehead atoms. The van der Waals surface area contributed by atoms with Gasteiger partial charge in [0.05, 0.1) is 11.6 Å². The van der Waals surface area contributed by atoms with Crippen molar-refractivity contribution in [2.75, 3.05) is 6.61 Å². The molecule has 1 aromatic rings. The Morgan fingerprint density at radius 1 is 1.04 bits per heavy atom. The minimum absolute atomic E-state index is 0.120. The summed E-state index contributed by atoms with van der Waals surface area (Å²) in [6.07, 6.45) is 5.24. The lowest BCUT2D eigenvalue weighted by Gasteiger charge is -2.21. The lowest BCUT2D eigenvalue weighted by atomic mass is 9.94. The quantitative estimate of drug-likeness (QED) is 0.250. The van der Waals surface area contributed by atoms with Gasteiger partial charge >= 0.3 is 11.9 Å². The Hall–Kier alpha value is -1.26. The Kier molecular flexibility index (Phi) is 8.57. The number of esters is 2. The van der Waals surface area contributed by atoms with Crippen molar-refractivity contribution in [3.8, 4) is 5.75 Å². The first-order valence-corrected chi connectivity index (χ1v) is 8.89. The molecule has 0 radical (unpaired) electrons. The minimum Gasteiger partial charge on any atom is -0.465 e. The van der Waals surface area contributed by atoms with Crippen LogP contribution in [0.3, 0.4) is 0 Å². The maximum Gasteiger partial charge on any atom is 0.328 e. The Morgan fingerprint density at radius 3 is 2.38 bits per heavy atom. The number of hydrogen-bond donors (Lipinski definition) is 0. The fourth-order valence-corrected chi connectivity index (χ4v) is 2.24. The molecule has 24 heavy (non-hydrogen) atoms. The minimum atomic E-state index is -1.42. The summed E-state index contributed by atoms with van der Waals surface area (Å²) in [6.45, 7) is 5.37. The highest BCUT2D eigenvalue weighted by atomic mass is 35.5. The van der Waals surface area contributed by atoms with Gasteiger partial charge in [0, 0.05) is 11.1 Å². The number of rotatable bonds is 9. The van der Waals surface area contributed by atoms with Crippen LogP contribution in [0.25, 0.3) is 0 Å². The highest BCUT2D eigenvalue weighted by Gasteiger charge is 2.40. The molecule has 0 fully saturated rings. The molecule has 0 amide bonds. The lowest BCUT2D eigenvalue weighted by Crippen LogP contribution is -2.38. The number of carbonyl (C=O) groups excluding carboxylic acids is 2. The van der Waals surface area contributed by atoms with Crippen LogP contribution in [0.15, 0.2) is 18.2 Å². The van der Waals surface area contributed by atoms with E-state index in [-0.39, 0.29) is 10.8 Å². The van der Waals surface area contributed by atoms with E-state index in [1.807, 2.05) is 0 Å². The molecule has 134 valence electrons. The highest BCUT2D eigenvalue weighted by molar-refractivity contribution is 6.34. The van der Waals surface area contributed by atoms with Crippen molar-refractivity contribution in [3.63, 3.8) is 0 Å². The molecule has 0 saturated heterocycles. The van der Waals surface area contributed by atoms with Gasteiger partial charge in [-0.05, 0) is 32.4 Å². The summed E-state index contributed by atoms with van der Waals surface area (Å²) >= 11 is 11.8. The van der Waals surface area contributed by atoms with Crippen LogP contribution in [0, 0.1) is 5.41 Å². The van der Waals surface area contributed by atoms with E-state index in [0.29, 0.717) is 11.6 Å². The molecule has 0 aliphatic heterocycles. The predicted octanol–water partition coefficient (Wildman–Crippen LogP) is 5.44. The van der Waals surface area contributed by atoms with Gasteiger partial charge < -0.3 is 9.47 Å². The van der Waals surface area contributed by atoms with Crippen LogP contribution in [0.5, 0.6) is 5.75 Å². The normalized spacial score (nSPS) is 11.2. The Bertz CT molecular complexity index is 570. The van der Waals surface area contributed by atoms with Gasteiger partial charge in [-0.1, -0.05) is 55.8 Å². The maximum atomic E-state index is 12.3. The molecule has 0 saturated carbocycles. The fourth-order valence-electron chi connectivity index (χ4n) is 1.92. The second-order valence-corrected chi connectivity index (χ2v) is 6.98. The van der Waals surface area contributed by atoms with Crippen molar-refractivity contribution in [3.05, 3.63) is 28.2 Å². The van der Waals surface area contributed by atoms with Crippen molar-refractivity contribution in [2.45, 2.75) is 52.9 Å². The number of ether oxygens (including phenoxy) is 2. The summed E-state index contributed by atoms with van der Waals surface area (Å²) in [6, 6.07) is 4.53. The van der Waals surface area contributed by atoms with Crippen molar-refractivity contribution in [1.82, 2.24) is 0 Å². The smallest absolute Gasteiger partial charge is 0.328 e. The van der Waals surface area contributed by atoms with E-state index in [1.54, 1.807) is 6.07 Å². The summed E-state index contributed by atoms with van der Waals surface area (Å²) in [5.74, 6) is -1.22. The third-order valence-electron chi connectivity index (χ3n) is 3.60. The van der Waals surface area contributed by atoms with E-state index in [4.69, 9.17) is 32.7 Å². The van der Waals surface area contributed by atoms with E-state index in [0.717, 1.165) is 25.7 Å².